The highest BCUT2D eigenvalue weighted by atomic mass is 19.1. The van der Waals surface area contributed by atoms with Gasteiger partial charge in [-0.3, -0.25) is 62.4 Å². The van der Waals surface area contributed by atoms with Crippen LogP contribution in [0.5, 0.6) is 0 Å². The standard InChI is InChI=1S/C13H16FN3O5.C12H13F2N3O5.C12H14FN3O5.2C11H13FN4O5/c1-7-5-9(19)16-12(21)17(7)11-13(15,3-2-4-14)10(20)8(6-18)22-11;13-3-1-2-12(15)8(19)7(5-18)22-10(12)17-4-6(14)9(20)16-11(17)21;13-4-1-3-12(14)9(19)7(6-17)21-10(12)16-5-2-8(18)15-11(16)20;12-3-1-2-11(13)8(19)6(5-17)21-9(11)16-10(20)15-7(18)4-14-16;12-3-1-2-11(13)7(18)6(4-17)21-8(11)16-5-14-9(19)15-10(16)20/h5,8,10-11,18,20H,4,6,15H2,1H3,(H,16,19,21);4,7-8,10,18-19H,3,5,15H2,(H,16,20,21);2,5,7,9-10,17,19H,4,6,14H2,(H,15,18,20);4,6,8-9,17,19H,3,5,13H2,(H,15,18,20);5-8,17-18H,3-4,13H2,(H,15,19,20)/t8-,10+,11-,13?;7-,8+,10-,12?;7-,9+,10-,12?;6-,8+,9-,11?;6-,7+,8-,11?/m11111/s1/i6D2;5D2;6D2;5D2;4D2. The molecule has 5 aliphatic heterocycles. The molecule has 10 rings (SSSR count). The molecule has 107 heavy (non-hydrogen) atoms. The van der Waals surface area contributed by atoms with Crippen molar-refractivity contribution in [3.63, 3.8) is 0 Å². The van der Waals surface area contributed by atoms with Gasteiger partial charge in [0.25, 0.3) is 22.2 Å². The third-order valence-electron chi connectivity index (χ3n) is 15.4. The number of halogens is 6. The van der Waals surface area contributed by atoms with Crippen molar-refractivity contribution < 1.29 is 115 Å². The molecule has 5 fully saturated rings. The molecule has 582 valence electrons. The Morgan fingerprint density at radius 2 is 0.822 bits per heavy atom. The summed E-state index contributed by atoms with van der Waals surface area (Å²) in [5.41, 5.74) is 9.26. The van der Waals surface area contributed by atoms with Crippen molar-refractivity contribution in [2.24, 2.45) is 28.7 Å². The molecular weight excluding hydrogens is 1460 g/mol. The van der Waals surface area contributed by atoms with Gasteiger partial charge in [-0.2, -0.15) is 19.2 Å². The Kier molecular flexibility index (Phi) is 24.2. The highest BCUT2D eigenvalue weighted by molar-refractivity contribution is 5.30. The van der Waals surface area contributed by atoms with Crippen LogP contribution in [0.2, 0.25) is 0 Å². The van der Waals surface area contributed by atoms with E-state index in [4.69, 9.17) is 66.1 Å². The lowest BCUT2D eigenvalue weighted by molar-refractivity contribution is -0.0530. The maximum atomic E-state index is 13.5. The second-order valence-electron chi connectivity index (χ2n) is 22.1. The number of aromatic nitrogens is 12. The molecule has 0 bridgehead atoms. The molecule has 5 aromatic rings. The van der Waals surface area contributed by atoms with Crippen LogP contribution in [0.1, 0.15) is 50.5 Å². The van der Waals surface area contributed by atoms with E-state index in [2.05, 4.69) is 39.7 Å². The van der Waals surface area contributed by atoms with Crippen LogP contribution in [0.3, 0.4) is 0 Å². The largest absolute Gasteiger partial charge is 0.394 e. The lowest BCUT2D eigenvalue weighted by Gasteiger charge is -2.28. The maximum absolute atomic E-state index is 13.5. The van der Waals surface area contributed by atoms with Crippen LogP contribution in [0.25, 0.3) is 0 Å². The molecular formula is C59H69F6N17O25. The summed E-state index contributed by atoms with van der Waals surface area (Å²) in [7, 11) is 0. The fraction of sp³-hybridized carbons (Fsp3) is 0.525. The zero-order chi connectivity index (χ0) is 88.8. The molecule has 5 unspecified atom stereocenters. The van der Waals surface area contributed by atoms with Crippen molar-refractivity contribution in [1.29, 1.82) is 0 Å². The molecule has 25 N–H and O–H groups in total. The number of aliphatic hydroxyl groups is 10. The van der Waals surface area contributed by atoms with E-state index < -0.39 is 248 Å². The summed E-state index contributed by atoms with van der Waals surface area (Å²) in [5, 5.41) is 102. The van der Waals surface area contributed by atoms with E-state index in [9.17, 15) is 125 Å². The second-order valence-corrected chi connectivity index (χ2v) is 22.1. The van der Waals surface area contributed by atoms with Crippen molar-refractivity contribution in [2.75, 3.05) is 66.2 Å². The van der Waals surface area contributed by atoms with Crippen LogP contribution in [-0.2, 0) is 23.7 Å². The van der Waals surface area contributed by atoms with Crippen LogP contribution >= 0.6 is 0 Å². The molecule has 5 aliphatic rings. The number of aryl methyl sites for hydroxylation is 1. The molecule has 10 heterocycles. The molecule has 5 aromatic heterocycles. The summed E-state index contributed by atoms with van der Waals surface area (Å²) >= 11 is 0. The van der Waals surface area contributed by atoms with Gasteiger partial charge in [0.2, 0.25) is 5.82 Å². The quantitative estimate of drug-likeness (QED) is 0.0456. The van der Waals surface area contributed by atoms with Gasteiger partial charge in [0, 0.05) is 24.0 Å². The van der Waals surface area contributed by atoms with E-state index in [0.29, 0.717) is 20.0 Å². The molecule has 5 saturated heterocycles. The van der Waals surface area contributed by atoms with E-state index in [0.717, 1.165) is 40.0 Å². The number of rotatable bonds is 10. The average Bonchev–Trinajstić information content (AvgIpc) is 1.61. The van der Waals surface area contributed by atoms with Gasteiger partial charge in [-0.1, -0.05) is 59.2 Å². The molecule has 0 aliphatic carbocycles. The number of H-pyrrole nitrogens is 5. The molecule has 48 heteroatoms. The number of nitrogens with zero attached hydrogens (tertiary/aromatic N) is 7. The van der Waals surface area contributed by atoms with Crippen LogP contribution in [0.15, 0.2) is 85.0 Å². The molecule has 42 nitrogen and oxygen atoms in total. The number of aliphatic hydroxyl groups excluding tert-OH is 5. The highest BCUT2D eigenvalue weighted by Gasteiger charge is 2.59. The molecule has 0 saturated carbocycles. The van der Waals surface area contributed by atoms with Gasteiger partial charge in [0.15, 0.2) is 58.8 Å². The Hall–Kier alpha value is -10.2. The molecule has 0 radical (unpaired) electrons. The first kappa shape index (κ1) is 71.1. The smallest absolute Gasteiger partial charge is 0.350 e. The summed E-state index contributed by atoms with van der Waals surface area (Å²) in [4.78, 5) is 128. The molecule has 0 aromatic carbocycles. The third kappa shape index (κ3) is 18.1. The number of nitrogens with one attached hydrogen (secondary N) is 5. The summed E-state index contributed by atoms with van der Waals surface area (Å²) < 4.78 is 177. The van der Waals surface area contributed by atoms with Crippen LogP contribution < -0.4 is 85.0 Å². The van der Waals surface area contributed by atoms with Crippen molar-refractivity contribution in [3.8, 4) is 59.2 Å². The topological polar surface area (TPSA) is 679 Å². The van der Waals surface area contributed by atoms with Gasteiger partial charge in [0.05, 0.1) is 52.7 Å². The minimum absolute atomic E-state index is 0.0944. The van der Waals surface area contributed by atoms with Crippen LogP contribution in [0.4, 0.5) is 26.3 Å². The van der Waals surface area contributed by atoms with E-state index in [1.165, 1.54) is 6.92 Å². The fourth-order valence-electron chi connectivity index (χ4n) is 10.4. The van der Waals surface area contributed by atoms with Crippen molar-refractivity contribution >= 4 is 0 Å². The number of ether oxygens (including phenoxy) is 5. The van der Waals surface area contributed by atoms with Gasteiger partial charge < -0.3 is 103 Å². The number of alkyl halides is 5. The summed E-state index contributed by atoms with van der Waals surface area (Å²) in [6.07, 6.45) is -24.3. The minimum Gasteiger partial charge on any atom is -0.394 e. The molecule has 0 spiro atoms. The first-order chi connectivity index (χ1) is 53.9. The zero-order valence-corrected chi connectivity index (χ0v) is 54.0. The van der Waals surface area contributed by atoms with Crippen LogP contribution in [-0.4, -0.2) is 264 Å². The van der Waals surface area contributed by atoms with Gasteiger partial charge in [0.1, 0.15) is 107 Å². The zero-order valence-electron chi connectivity index (χ0n) is 64.0. The first-order valence-corrected chi connectivity index (χ1v) is 29.4. The third-order valence-corrected chi connectivity index (χ3v) is 15.4. The van der Waals surface area contributed by atoms with E-state index in [-0.39, 0.29) is 5.69 Å². The Morgan fingerprint density at radius 1 is 0.477 bits per heavy atom. The van der Waals surface area contributed by atoms with Gasteiger partial charge in [-0.05, 0) is 6.92 Å². The highest BCUT2D eigenvalue weighted by Crippen LogP contribution is 2.40. The van der Waals surface area contributed by atoms with Crippen molar-refractivity contribution in [2.45, 2.75) is 127 Å². The van der Waals surface area contributed by atoms with Crippen LogP contribution in [0, 0.1) is 71.9 Å². The van der Waals surface area contributed by atoms with Gasteiger partial charge >= 0.3 is 34.1 Å². The van der Waals surface area contributed by atoms with Crippen molar-refractivity contribution in [1.82, 2.24) is 58.0 Å². The average molecular weight is 1540 g/mol. The number of nitrogens with two attached hydrogens (primary N) is 5. The van der Waals surface area contributed by atoms with Gasteiger partial charge in [-0.25, -0.2) is 50.7 Å². The second kappa shape index (κ2) is 36.4. The summed E-state index contributed by atoms with van der Waals surface area (Å²) in [5.74, 6) is 19.3. The SMILES string of the molecule is [2H]C([2H])(O)[C@H]1O[C@@H](n2c(C)cc(=O)[nH]c2=O)C(N)(C#CCF)[C@H]1O.[2H]C([2H])(O)[C@H]1O[C@@H](n2cc(F)c(=O)[nH]c2=O)C(N)(C#CCF)[C@H]1O.[2H]C([2H])(O)[C@H]1O[C@@H](n2ccc(=O)[nH]c2=O)C(N)(C#CCF)[C@H]1O.[2H]C([2H])(O)[C@H]1O[C@@H](n2cnc(=O)[nH]c2=O)C(N)(C#CCF)[C@H]1O.[2H]C([2H])(O)[C@H]1O[C@@H](n2ncc(=O)[nH]c2=O)C(N)(C#CCF)[C@H]1O. The summed E-state index contributed by atoms with van der Waals surface area (Å²) in [6, 6.07) is 2.03. The van der Waals surface area contributed by atoms with E-state index >= 15 is 0 Å². The lowest BCUT2D eigenvalue weighted by atomic mass is 9.91. The number of hydrogen-bond acceptors (Lipinski definition) is 32. The van der Waals surface area contributed by atoms with Gasteiger partial charge in [-0.15, -0.1) is 0 Å². The first-order valence-electron chi connectivity index (χ1n) is 34.4. The predicted molar refractivity (Wildman–Crippen MR) is 345 cm³/mol. The predicted octanol–water partition coefficient (Wildman–Crippen LogP) is -13.5. The molecule has 0 amide bonds. The Labute approximate surface area is 605 Å². The Bertz CT molecular complexity index is 5140. The number of aromatic amines is 5. The Morgan fingerprint density at radius 3 is 1.21 bits per heavy atom. The monoisotopic (exact) mass is 1540 g/mol. The minimum atomic E-state index is -3.10. The fourth-order valence-corrected chi connectivity index (χ4v) is 10.4. The number of hydrogen-bond donors (Lipinski definition) is 20. The Balaban J connectivity index is 0.000000227. The van der Waals surface area contributed by atoms with E-state index in [1.807, 2.05) is 49.5 Å². The lowest BCUT2D eigenvalue weighted by Crippen LogP contribution is -2.55. The van der Waals surface area contributed by atoms with E-state index in [1.54, 1.807) is 4.98 Å². The van der Waals surface area contributed by atoms with Crippen molar-refractivity contribution in [3.05, 3.63) is 153 Å². The maximum Gasteiger partial charge on any atom is 0.350 e. The normalized spacial score (nSPS) is 33.4. The summed E-state index contributed by atoms with van der Waals surface area (Å²) in [6.45, 7) is -19.4. The molecule has 20 atom stereocenters.